The average Bonchev–Trinajstić information content (AvgIpc) is 3.74. The van der Waals surface area contributed by atoms with Gasteiger partial charge in [-0.05, 0) is 57.2 Å². The molecule has 3 aliphatic rings. The Labute approximate surface area is 235 Å². The number of fused-ring (bicyclic) bond motifs is 3. The molecule has 0 bridgehead atoms. The number of hydrogen-bond donors (Lipinski definition) is 2. The monoisotopic (exact) mass is 592 g/mol. The molecule has 2 aromatic heterocycles. The van der Waals surface area contributed by atoms with Gasteiger partial charge in [-0.25, -0.2) is 22.2 Å². The molecule has 214 valence electrons. The van der Waals surface area contributed by atoms with Gasteiger partial charge in [-0.15, -0.1) is 0 Å². The highest BCUT2D eigenvalue weighted by molar-refractivity contribution is 7.92. The van der Waals surface area contributed by atoms with Crippen LogP contribution in [-0.2, 0) is 23.3 Å². The van der Waals surface area contributed by atoms with Crippen LogP contribution in [0, 0.1) is 5.92 Å². The molecule has 1 aromatic carbocycles. The molecule has 2 N–H and O–H groups in total. The number of aromatic nitrogens is 3. The Balaban J connectivity index is 1.37. The highest BCUT2D eigenvalue weighted by Crippen LogP contribution is 2.46. The van der Waals surface area contributed by atoms with Crippen molar-refractivity contribution in [1.29, 1.82) is 0 Å². The Hall–Kier alpha value is -2.99. The maximum atomic E-state index is 15.1. The van der Waals surface area contributed by atoms with E-state index in [1.54, 1.807) is 33.0 Å². The van der Waals surface area contributed by atoms with E-state index in [4.69, 9.17) is 11.6 Å². The first kappa shape index (κ1) is 27.2. The molecule has 0 amide bonds. The lowest BCUT2D eigenvalue weighted by Crippen LogP contribution is -2.50. The van der Waals surface area contributed by atoms with Crippen LogP contribution in [0.1, 0.15) is 38.7 Å². The third-order valence-electron chi connectivity index (χ3n) is 8.40. The minimum Gasteiger partial charge on any atom is -0.375 e. The van der Waals surface area contributed by atoms with Gasteiger partial charge in [-0.1, -0.05) is 11.6 Å². The molecule has 2 fully saturated rings. The van der Waals surface area contributed by atoms with Gasteiger partial charge >= 0.3 is 0 Å². The normalized spacial score (nSPS) is 25.6. The third kappa shape index (κ3) is 4.58. The van der Waals surface area contributed by atoms with E-state index in [9.17, 15) is 13.2 Å². The lowest BCUT2D eigenvalue weighted by molar-refractivity contribution is -0.0305. The van der Waals surface area contributed by atoms with E-state index in [-0.39, 0.29) is 42.4 Å². The maximum absolute atomic E-state index is 15.1. The number of halogens is 3. The van der Waals surface area contributed by atoms with E-state index < -0.39 is 32.3 Å². The van der Waals surface area contributed by atoms with Crippen molar-refractivity contribution in [3.8, 4) is 0 Å². The van der Waals surface area contributed by atoms with Crippen molar-refractivity contribution in [1.82, 2.24) is 14.5 Å². The van der Waals surface area contributed by atoms with E-state index in [1.165, 1.54) is 10.8 Å². The van der Waals surface area contributed by atoms with Gasteiger partial charge in [0.05, 0.1) is 33.9 Å². The summed E-state index contributed by atoms with van der Waals surface area (Å²) in [6.07, 6.45) is 2.56. The van der Waals surface area contributed by atoms with Crippen molar-refractivity contribution in [3.63, 3.8) is 0 Å². The average molecular weight is 593 g/mol. The van der Waals surface area contributed by atoms with Crippen LogP contribution in [0.2, 0.25) is 5.02 Å². The van der Waals surface area contributed by atoms with Crippen molar-refractivity contribution in [2.24, 2.45) is 13.0 Å². The highest BCUT2D eigenvalue weighted by atomic mass is 35.5. The van der Waals surface area contributed by atoms with Gasteiger partial charge in [-0.2, -0.15) is 4.98 Å². The van der Waals surface area contributed by atoms with Crippen LogP contribution in [0.15, 0.2) is 29.2 Å². The largest absolute Gasteiger partial charge is 0.375 e. The van der Waals surface area contributed by atoms with Crippen molar-refractivity contribution >= 4 is 55.5 Å². The molecule has 13 heteroatoms. The van der Waals surface area contributed by atoms with Crippen molar-refractivity contribution in [3.05, 3.63) is 45.3 Å². The quantitative estimate of drug-likeness (QED) is 0.456. The molecule has 2 unspecified atom stereocenters. The second-order valence-corrected chi connectivity index (χ2v) is 14.5. The number of nitrogens with one attached hydrogen (secondary N) is 2. The van der Waals surface area contributed by atoms with Gasteiger partial charge in [0, 0.05) is 43.2 Å². The third-order valence-corrected chi connectivity index (χ3v) is 11.2. The number of benzene rings is 1. The van der Waals surface area contributed by atoms with Crippen LogP contribution < -0.4 is 21.1 Å². The Morgan fingerprint density at radius 1 is 1.18 bits per heavy atom. The summed E-state index contributed by atoms with van der Waals surface area (Å²) in [4.78, 5) is 23.9. The van der Waals surface area contributed by atoms with Gasteiger partial charge in [0.1, 0.15) is 5.02 Å². The molecule has 3 atom stereocenters. The van der Waals surface area contributed by atoms with Gasteiger partial charge in [0.15, 0.2) is 15.7 Å². The van der Waals surface area contributed by atoms with E-state index >= 15 is 8.78 Å². The minimum absolute atomic E-state index is 0.0116. The summed E-state index contributed by atoms with van der Waals surface area (Å²) in [6.45, 7) is 3.89. The van der Waals surface area contributed by atoms with Crippen molar-refractivity contribution in [2.45, 2.75) is 62.0 Å². The fraction of sp³-hybridized carbons (Fsp3) is 0.519. The molecule has 0 spiro atoms. The summed E-state index contributed by atoms with van der Waals surface area (Å²) in [7, 11) is -1.57. The predicted octanol–water partition coefficient (Wildman–Crippen LogP) is 4.51. The molecule has 3 aromatic rings. The van der Waals surface area contributed by atoms with Gasteiger partial charge in [0.25, 0.3) is 11.5 Å². The lowest BCUT2D eigenvalue weighted by Gasteiger charge is -2.34. The van der Waals surface area contributed by atoms with Crippen molar-refractivity contribution in [2.75, 3.05) is 28.6 Å². The smallest absolute Gasteiger partial charge is 0.268 e. The maximum Gasteiger partial charge on any atom is 0.268 e. The number of pyridine rings is 1. The first-order valence-corrected chi connectivity index (χ1v) is 15.4. The van der Waals surface area contributed by atoms with Gasteiger partial charge in [0.2, 0.25) is 5.95 Å². The topological polar surface area (TPSA) is 109 Å². The van der Waals surface area contributed by atoms with Crippen LogP contribution in [-0.4, -0.2) is 58.5 Å². The van der Waals surface area contributed by atoms with E-state index in [2.05, 4.69) is 20.6 Å². The summed E-state index contributed by atoms with van der Waals surface area (Å²) in [5, 5.41) is 6.10. The Morgan fingerprint density at radius 2 is 1.88 bits per heavy atom. The van der Waals surface area contributed by atoms with Gasteiger partial charge in [-0.3, -0.25) is 4.79 Å². The van der Waals surface area contributed by atoms with E-state index in [1.807, 2.05) is 11.0 Å². The number of anilines is 4. The second-order valence-electron chi connectivity index (χ2n) is 11.3. The molecule has 1 aliphatic carbocycles. The molecule has 9 nitrogen and oxygen atoms in total. The summed E-state index contributed by atoms with van der Waals surface area (Å²) in [5.74, 6) is -2.35. The fourth-order valence-corrected chi connectivity index (χ4v) is 7.59. The van der Waals surface area contributed by atoms with Gasteiger partial charge < -0.3 is 20.1 Å². The highest BCUT2D eigenvalue weighted by Gasteiger charge is 2.50. The molecule has 0 radical (unpaired) electrons. The summed E-state index contributed by atoms with van der Waals surface area (Å²) in [6, 6.07) is 4.33. The SMILES string of the molecule is CC1CN(c2ncc(Cl)c(Nc3ccc4c(c3)c3c(c(=O)n4C)CCC(F)(F)[C@H](C4CC4)N3)n2)CC(C)S1(=O)=O. The Bertz CT molecular complexity index is 1660. The molecule has 1 saturated heterocycles. The number of aryl methyl sites for hydroxylation is 1. The zero-order valence-corrected chi connectivity index (χ0v) is 24.0. The van der Waals surface area contributed by atoms with Crippen LogP contribution in [0.3, 0.4) is 0 Å². The molecule has 6 rings (SSSR count). The second kappa shape index (κ2) is 9.54. The van der Waals surface area contributed by atoms with Crippen LogP contribution in [0.25, 0.3) is 10.9 Å². The summed E-state index contributed by atoms with van der Waals surface area (Å²) in [5.41, 5.74) is 1.76. The fourth-order valence-electron chi connectivity index (χ4n) is 5.88. The summed E-state index contributed by atoms with van der Waals surface area (Å²) >= 11 is 6.44. The number of rotatable bonds is 4. The standard InChI is InChI=1S/C27H31ClF2N6O3S/c1-14-12-36(13-15(2)40(14,38)39)26-31-11-20(28)24(34-26)32-17-6-7-21-19(10-17)22-18(25(37)35(21)3)8-9-27(29,30)23(33-22)16-4-5-16/h6-7,10-11,14-16,23,33H,4-5,8-9,12-13H2,1-3H3,(H,31,32,34)/t14?,15?,23-/m0/s1. The first-order valence-electron chi connectivity index (χ1n) is 13.4. The Kier molecular flexibility index (Phi) is 6.49. The number of nitrogens with zero attached hydrogens (tertiary/aromatic N) is 4. The van der Waals surface area contributed by atoms with Crippen LogP contribution in [0.5, 0.6) is 0 Å². The number of hydrogen-bond acceptors (Lipinski definition) is 8. The lowest BCUT2D eigenvalue weighted by atomic mass is 10.0. The number of alkyl halides is 2. The number of sulfone groups is 1. The molecule has 1 saturated carbocycles. The molecule has 4 heterocycles. The zero-order valence-electron chi connectivity index (χ0n) is 22.4. The Morgan fingerprint density at radius 3 is 2.55 bits per heavy atom. The first-order chi connectivity index (χ1) is 18.9. The van der Waals surface area contributed by atoms with E-state index in [0.29, 0.717) is 39.6 Å². The predicted molar refractivity (Wildman–Crippen MR) is 153 cm³/mol. The molecule has 40 heavy (non-hydrogen) atoms. The van der Waals surface area contributed by atoms with Crippen LogP contribution >= 0.6 is 11.6 Å². The molecule has 2 aliphatic heterocycles. The molecular weight excluding hydrogens is 562 g/mol. The minimum atomic E-state index is -3.21. The summed E-state index contributed by atoms with van der Waals surface area (Å²) < 4.78 is 56.5. The van der Waals surface area contributed by atoms with Crippen molar-refractivity contribution < 1.29 is 17.2 Å². The zero-order chi connectivity index (χ0) is 28.6. The van der Waals surface area contributed by atoms with Crippen LogP contribution in [0.4, 0.5) is 31.9 Å². The van der Waals surface area contributed by atoms with E-state index in [0.717, 1.165) is 12.8 Å². The molecular formula is C27H31ClF2N6O3S.